The molecule has 1 aromatic heterocycles. The minimum atomic E-state index is -0.162. The number of aromatic nitrogens is 1. The summed E-state index contributed by atoms with van der Waals surface area (Å²) in [4.78, 5) is 16.5. The average Bonchev–Trinajstić information content (AvgIpc) is 2.56. The van der Waals surface area contributed by atoms with Crippen LogP contribution < -0.4 is 0 Å². The minimum Gasteiger partial charge on any atom is -0.395 e. The van der Waals surface area contributed by atoms with Crippen molar-refractivity contribution in [1.29, 1.82) is 0 Å². The fourth-order valence-electron chi connectivity index (χ4n) is 1.67. The first-order valence-corrected chi connectivity index (χ1v) is 5.27. The minimum absolute atomic E-state index is 0.103. The lowest BCUT2D eigenvalue weighted by atomic mass is 10.2. The van der Waals surface area contributed by atoms with E-state index in [4.69, 9.17) is 10.2 Å². The van der Waals surface area contributed by atoms with Gasteiger partial charge in [0.15, 0.2) is 0 Å². The predicted octanol–water partition coefficient (Wildman–Crippen LogP) is 0.0583. The number of nitrogens with zero attached hydrogens (tertiary/aromatic N) is 1. The molecule has 0 aliphatic carbocycles. The molecule has 1 rings (SSSR count). The van der Waals surface area contributed by atoms with Crippen molar-refractivity contribution in [2.75, 3.05) is 26.3 Å². The monoisotopic (exact) mass is 226 g/mol. The molecule has 0 aromatic carbocycles. The third-order valence-corrected chi connectivity index (χ3v) is 2.41. The Morgan fingerprint density at radius 3 is 2.25 bits per heavy atom. The van der Waals surface area contributed by atoms with Crippen LogP contribution in [-0.2, 0) is 0 Å². The Hall–Kier alpha value is -1.33. The maximum atomic E-state index is 12.0. The van der Waals surface area contributed by atoms with E-state index < -0.39 is 0 Å². The summed E-state index contributed by atoms with van der Waals surface area (Å²) in [6.45, 7) is 3.98. The molecular formula is C11H18N2O3. The first kappa shape index (κ1) is 12.7. The molecule has 90 valence electrons. The lowest BCUT2D eigenvalue weighted by Gasteiger charge is -2.20. The van der Waals surface area contributed by atoms with Gasteiger partial charge in [0.25, 0.3) is 5.91 Å². The molecular weight excluding hydrogens is 208 g/mol. The number of carbonyl (C=O) groups excluding carboxylic acids is 1. The smallest absolute Gasteiger partial charge is 0.255 e. The summed E-state index contributed by atoms with van der Waals surface area (Å²) < 4.78 is 0. The van der Waals surface area contributed by atoms with Gasteiger partial charge in [-0.05, 0) is 19.9 Å². The van der Waals surface area contributed by atoms with Crippen molar-refractivity contribution in [3.8, 4) is 0 Å². The summed E-state index contributed by atoms with van der Waals surface area (Å²) in [6.07, 6.45) is 0. The summed E-state index contributed by atoms with van der Waals surface area (Å²) in [5, 5.41) is 17.7. The molecule has 0 fully saturated rings. The van der Waals surface area contributed by atoms with Gasteiger partial charge in [-0.1, -0.05) is 0 Å². The van der Waals surface area contributed by atoms with Gasteiger partial charge in [0.1, 0.15) is 0 Å². The maximum Gasteiger partial charge on any atom is 0.255 e. The molecule has 1 amide bonds. The number of rotatable bonds is 5. The van der Waals surface area contributed by atoms with Gasteiger partial charge in [-0.15, -0.1) is 0 Å². The molecule has 0 saturated heterocycles. The van der Waals surface area contributed by atoms with Crippen LogP contribution in [0.3, 0.4) is 0 Å². The summed E-state index contributed by atoms with van der Waals surface area (Å²) in [5.74, 6) is -0.162. The number of aryl methyl sites for hydroxylation is 2. The third-order valence-electron chi connectivity index (χ3n) is 2.41. The molecule has 3 N–H and O–H groups in total. The zero-order valence-corrected chi connectivity index (χ0v) is 9.66. The van der Waals surface area contributed by atoms with Crippen molar-refractivity contribution in [3.05, 3.63) is 23.0 Å². The Labute approximate surface area is 94.7 Å². The van der Waals surface area contributed by atoms with Crippen LogP contribution in [-0.4, -0.2) is 52.3 Å². The van der Waals surface area contributed by atoms with E-state index >= 15 is 0 Å². The van der Waals surface area contributed by atoms with Crippen molar-refractivity contribution >= 4 is 5.91 Å². The van der Waals surface area contributed by atoms with Gasteiger partial charge >= 0.3 is 0 Å². The number of aliphatic hydroxyl groups is 2. The Morgan fingerprint density at radius 2 is 1.88 bits per heavy atom. The number of hydrogen-bond donors (Lipinski definition) is 3. The standard InChI is InChI=1S/C11H18N2O3/c1-8-7-10(9(2)12-8)11(16)13(3-5-14)4-6-15/h7,12,14-15H,3-6H2,1-2H3. The highest BCUT2D eigenvalue weighted by molar-refractivity contribution is 5.95. The molecule has 1 aromatic rings. The van der Waals surface area contributed by atoms with Crippen LogP contribution in [0.2, 0.25) is 0 Å². The highest BCUT2D eigenvalue weighted by atomic mass is 16.3. The summed E-state index contributed by atoms with van der Waals surface area (Å²) in [5.41, 5.74) is 2.33. The number of carbonyl (C=O) groups is 1. The van der Waals surface area contributed by atoms with Crippen LogP contribution in [0, 0.1) is 13.8 Å². The van der Waals surface area contributed by atoms with E-state index in [0.717, 1.165) is 11.4 Å². The van der Waals surface area contributed by atoms with Crippen molar-refractivity contribution in [2.45, 2.75) is 13.8 Å². The Morgan fingerprint density at radius 1 is 1.31 bits per heavy atom. The van der Waals surface area contributed by atoms with E-state index in [2.05, 4.69) is 4.98 Å². The highest BCUT2D eigenvalue weighted by Gasteiger charge is 2.18. The molecule has 0 atom stereocenters. The van der Waals surface area contributed by atoms with Crippen molar-refractivity contribution < 1.29 is 15.0 Å². The summed E-state index contributed by atoms with van der Waals surface area (Å²) in [7, 11) is 0. The number of amides is 1. The average molecular weight is 226 g/mol. The van der Waals surface area contributed by atoms with Crippen LogP contribution in [0.25, 0.3) is 0 Å². The quantitative estimate of drug-likeness (QED) is 0.664. The molecule has 5 heteroatoms. The third kappa shape index (κ3) is 2.84. The zero-order chi connectivity index (χ0) is 12.1. The summed E-state index contributed by atoms with van der Waals surface area (Å²) >= 11 is 0. The Balaban J connectivity index is 2.85. The van der Waals surface area contributed by atoms with E-state index in [0.29, 0.717) is 5.56 Å². The molecule has 0 radical (unpaired) electrons. The van der Waals surface area contributed by atoms with Gasteiger partial charge in [0, 0.05) is 24.5 Å². The van der Waals surface area contributed by atoms with Gasteiger partial charge in [-0.25, -0.2) is 0 Å². The van der Waals surface area contributed by atoms with Gasteiger partial charge in [-0.2, -0.15) is 0 Å². The SMILES string of the molecule is Cc1cc(C(=O)N(CCO)CCO)c(C)[nH]1. The highest BCUT2D eigenvalue weighted by Crippen LogP contribution is 2.12. The van der Waals surface area contributed by atoms with E-state index in [1.165, 1.54) is 4.90 Å². The van der Waals surface area contributed by atoms with Crippen LogP contribution in [0.15, 0.2) is 6.07 Å². The van der Waals surface area contributed by atoms with Crippen molar-refractivity contribution in [3.63, 3.8) is 0 Å². The maximum absolute atomic E-state index is 12.0. The second-order valence-electron chi connectivity index (χ2n) is 3.73. The van der Waals surface area contributed by atoms with Gasteiger partial charge in [-0.3, -0.25) is 4.79 Å². The van der Waals surface area contributed by atoms with E-state index in [1.807, 2.05) is 13.8 Å². The first-order valence-electron chi connectivity index (χ1n) is 5.27. The zero-order valence-electron chi connectivity index (χ0n) is 9.66. The van der Waals surface area contributed by atoms with E-state index in [1.54, 1.807) is 6.07 Å². The number of aromatic amines is 1. The van der Waals surface area contributed by atoms with Gasteiger partial charge in [0.2, 0.25) is 0 Å². The first-order chi connectivity index (χ1) is 7.60. The lowest BCUT2D eigenvalue weighted by Crippen LogP contribution is -2.36. The van der Waals surface area contributed by atoms with Gasteiger partial charge in [0.05, 0.1) is 18.8 Å². The Bertz CT molecular complexity index is 354. The van der Waals surface area contributed by atoms with Crippen LogP contribution in [0.4, 0.5) is 0 Å². The predicted molar refractivity (Wildman–Crippen MR) is 60.3 cm³/mol. The van der Waals surface area contributed by atoms with E-state index in [-0.39, 0.29) is 32.2 Å². The van der Waals surface area contributed by atoms with Gasteiger partial charge < -0.3 is 20.1 Å². The number of H-pyrrole nitrogens is 1. The van der Waals surface area contributed by atoms with E-state index in [9.17, 15) is 4.79 Å². The molecule has 16 heavy (non-hydrogen) atoms. The number of aliphatic hydroxyl groups excluding tert-OH is 2. The largest absolute Gasteiger partial charge is 0.395 e. The molecule has 0 aliphatic rings. The Kier molecular flexibility index (Phi) is 4.52. The fraction of sp³-hybridized carbons (Fsp3) is 0.545. The number of nitrogens with one attached hydrogen (secondary N) is 1. The molecule has 0 saturated carbocycles. The second-order valence-corrected chi connectivity index (χ2v) is 3.73. The molecule has 0 bridgehead atoms. The molecule has 5 nitrogen and oxygen atoms in total. The molecule has 0 unspecified atom stereocenters. The lowest BCUT2D eigenvalue weighted by molar-refractivity contribution is 0.0684. The molecule has 0 spiro atoms. The second kappa shape index (κ2) is 5.67. The van der Waals surface area contributed by atoms with Crippen molar-refractivity contribution in [1.82, 2.24) is 9.88 Å². The summed E-state index contributed by atoms with van der Waals surface area (Å²) in [6, 6.07) is 1.78. The van der Waals surface area contributed by atoms with Crippen LogP contribution in [0.5, 0.6) is 0 Å². The van der Waals surface area contributed by atoms with Crippen molar-refractivity contribution in [2.24, 2.45) is 0 Å². The molecule has 0 aliphatic heterocycles. The molecule has 1 heterocycles. The van der Waals surface area contributed by atoms with Crippen LogP contribution in [0.1, 0.15) is 21.7 Å². The number of hydrogen-bond acceptors (Lipinski definition) is 3. The van der Waals surface area contributed by atoms with Crippen LogP contribution >= 0.6 is 0 Å². The fourth-order valence-corrected chi connectivity index (χ4v) is 1.67. The topological polar surface area (TPSA) is 76.6 Å². The normalized spacial score (nSPS) is 10.5.